The van der Waals surface area contributed by atoms with Gasteiger partial charge in [-0.2, -0.15) is 0 Å². The molecule has 0 aliphatic carbocycles. The van der Waals surface area contributed by atoms with E-state index in [1.807, 2.05) is 0 Å². The van der Waals surface area contributed by atoms with Gasteiger partial charge in [0.05, 0.1) is 0 Å². The number of rotatable bonds is 6. The van der Waals surface area contributed by atoms with Gasteiger partial charge in [-0.05, 0) is 29.8 Å². The lowest BCUT2D eigenvalue weighted by atomic mass is 10.2. The Bertz CT molecular complexity index is 695. The van der Waals surface area contributed by atoms with E-state index in [0.29, 0.717) is 11.1 Å². The number of carbonyl (C=O) groups excluding carboxylic acids is 1. The topological polar surface area (TPSA) is 77.2 Å². The molecule has 2 rings (SSSR count). The minimum atomic E-state index is -2.68. The van der Waals surface area contributed by atoms with Crippen LogP contribution in [0.2, 0.25) is 0 Å². The maximum absolute atomic E-state index is 13.7. The molecule has 2 aromatic rings. The molecule has 0 atom stereocenters. The zero-order chi connectivity index (χ0) is 16.8. The minimum absolute atomic E-state index is 0.0626. The van der Waals surface area contributed by atoms with E-state index in [4.69, 9.17) is 5.73 Å². The van der Waals surface area contributed by atoms with E-state index < -0.39 is 24.8 Å². The number of halogens is 3. The second-order valence-corrected chi connectivity index (χ2v) is 4.62. The third-order valence-electron chi connectivity index (χ3n) is 2.86. The van der Waals surface area contributed by atoms with Crippen molar-refractivity contribution in [2.45, 2.75) is 13.0 Å². The summed E-state index contributed by atoms with van der Waals surface area (Å²) in [7, 11) is 0. The van der Waals surface area contributed by atoms with Gasteiger partial charge in [0.25, 0.3) is 12.3 Å². The molecular weight excluding hydrogens is 311 g/mol. The van der Waals surface area contributed by atoms with E-state index in [9.17, 15) is 18.0 Å². The van der Waals surface area contributed by atoms with Crippen LogP contribution in [0.1, 0.15) is 15.9 Å². The molecule has 0 bridgehead atoms. The summed E-state index contributed by atoms with van der Waals surface area (Å²) >= 11 is 0. The Hall–Kier alpha value is -2.77. The normalized spacial score (nSPS) is 10.6. The first kappa shape index (κ1) is 16.6. The number of hydrogen-bond donors (Lipinski definition) is 2. The first-order valence-electron chi connectivity index (χ1n) is 6.65. The van der Waals surface area contributed by atoms with Crippen molar-refractivity contribution < 1.29 is 22.7 Å². The number of nitrogens with one attached hydrogen (secondary N) is 1. The summed E-state index contributed by atoms with van der Waals surface area (Å²) < 4.78 is 42.4. The maximum Gasteiger partial charge on any atom is 0.272 e. The van der Waals surface area contributed by atoms with E-state index in [1.165, 1.54) is 30.5 Å². The van der Waals surface area contributed by atoms with Gasteiger partial charge in [0.1, 0.15) is 12.4 Å². The smallest absolute Gasteiger partial charge is 0.272 e. The highest BCUT2D eigenvalue weighted by Gasteiger charge is 2.10. The van der Waals surface area contributed by atoms with Crippen molar-refractivity contribution in [3.63, 3.8) is 0 Å². The quantitative estimate of drug-likeness (QED) is 0.855. The summed E-state index contributed by atoms with van der Waals surface area (Å²) in [5, 5.41) is 2.59. The van der Waals surface area contributed by atoms with Crippen molar-refractivity contribution >= 4 is 11.7 Å². The summed E-state index contributed by atoms with van der Waals surface area (Å²) in [4.78, 5) is 15.7. The number of alkyl halides is 2. The van der Waals surface area contributed by atoms with Crippen LogP contribution in [-0.4, -0.2) is 23.9 Å². The van der Waals surface area contributed by atoms with Crippen molar-refractivity contribution in [1.29, 1.82) is 0 Å². The summed E-state index contributed by atoms with van der Waals surface area (Å²) in [5.74, 6) is -1.21. The maximum atomic E-state index is 13.7. The monoisotopic (exact) mass is 325 g/mol. The molecule has 0 saturated carbocycles. The molecule has 0 radical (unpaired) electrons. The van der Waals surface area contributed by atoms with Gasteiger partial charge < -0.3 is 15.8 Å². The molecule has 23 heavy (non-hydrogen) atoms. The zero-order valence-electron chi connectivity index (χ0n) is 11.9. The molecule has 0 saturated heterocycles. The van der Waals surface area contributed by atoms with Crippen LogP contribution in [0, 0.1) is 5.82 Å². The molecule has 0 aliphatic heterocycles. The molecular formula is C15H14F3N3O2. The highest BCUT2D eigenvalue weighted by molar-refractivity contribution is 5.94. The van der Waals surface area contributed by atoms with Crippen LogP contribution in [0.15, 0.2) is 36.5 Å². The van der Waals surface area contributed by atoms with Gasteiger partial charge in [-0.25, -0.2) is 18.2 Å². The molecule has 0 spiro atoms. The molecule has 0 aliphatic rings. The van der Waals surface area contributed by atoms with Crippen molar-refractivity contribution in [2.75, 3.05) is 12.3 Å². The number of anilines is 1. The third kappa shape index (κ3) is 4.87. The Morgan fingerprint density at radius 1 is 1.30 bits per heavy atom. The minimum Gasteiger partial charge on any atom is -0.485 e. The lowest BCUT2D eigenvalue weighted by molar-refractivity contribution is 0.0798. The Kier molecular flexibility index (Phi) is 5.40. The number of ether oxygens (including phenoxy) is 1. The van der Waals surface area contributed by atoms with Gasteiger partial charge in [-0.15, -0.1) is 0 Å². The fourth-order valence-corrected chi connectivity index (χ4v) is 1.80. The van der Waals surface area contributed by atoms with Crippen molar-refractivity contribution in [2.24, 2.45) is 0 Å². The van der Waals surface area contributed by atoms with Gasteiger partial charge in [0.2, 0.25) is 0 Å². The number of aromatic nitrogens is 1. The largest absolute Gasteiger partial charge is 0.485 e. The molecule has 3 N–H and O–H groups in total. The van der Waals surface area contributed by atoms with Crippen LogP contribution in [0.5, 0.6) is 5.75 Å². The fraction of sp³-hybridized carbons (Fsp3) is 0.200. The lowest BCUT2D eigenvalue weighted by Crippen LogP contribution is -2.23. The molecule has 122 valence electrons. The van der Waals surface area contributed by atoms with Crippen LogP contribution < -0.4 is 15.8 Å². The Labute approximate surface area is 130 Å². The molecule has 0 unspecified atom stereocenters. The van der Waals surface area contributed by atoms with Gasteiger partial charge >= 0.3 is 0 Å². The average Bonchev–Trinajstić information content (AvgIpc) is 2.51. The van der Waals surface area contributed by atoms with Crippen molar-refractivity contribution in [3.8, 4) is 5.75 Å². The summed E-state index contributed by atoms with van der Waals surface area (Å²) in [6, 6.07) is 6.74. The second kappa shape index (κ2) is 7.48. The van der Waals surface area contributed by atoms with Crippen molar-refractivity contribution in [1.82, 2.24) is 10.3 Å². The number of amides is 1. The standard InChI is InChI=1S/C15H14F3N3O2/c16-11-5-9(1-2-12(11)23-8-13(17)18)7-21-15(22)10-3-4-20-14(19)6-10/h1-6,13H,7-8H2,(H2,19,20)(H,21,22). The lowest BCUT2D eigenvalue weighted by Gasteiger charge is -2.09. The third-order valence-corrected chi connectivity index (χ3v) is 2.86. The van der Waals surface area contributed by atoms with Crippen LogP contribution in [0.25, 0.3) is 0 Å². The first-order valence-corrected chi connectivity index (χ1v) is 6.65. The predicted octanol–water partition coefficient (Wildman–Crippen LogP) is 2.38. The Morgan fingerprint density at radius 3 is 2.74 bits per heavy atom. The van der Waals surface area contributed by atoms with E-state index >= 15 is 0 Å². The van der Waals surface area contributed by atoms with Crippen LogP contribution in [-0.2, 0) is 6.54 Å². The predicted molar refractivity (Wildman–Crippen MR) is 77.7 cm³/mol. The van der Waals surface area contributed by atoms with Crippen LogP contribution >= 0.6 is 0 Å². The van der Waals surface area contributed by atoms with Gasteiger partial charge in [0.15, 0.2) is 11.6 Å². The molecule has 8 heteroatoms. The van der Waals surface area contributed by atoms with Gasteiger partial charge in [-0.3, -0.25) is 4.79 Å². The second-order valence-electron chi connectivity index (χ2n) is 4.62. The summed E-state index contributed by atoms with van der Waals surface area (Å²) in [6.07, 6.45) is -1.28. The number of nitrogen functional groups attached to an aromatic ring is 1. The summed E-state index contributed by atoms with van der Waals surface area (Å²) in [6.45, 7) is -0.816. The van der Waals surface area contributed by atoms with Crippen molar-refractivity contribution in [3.05, 3.63) is 53.5 Å². The average molecular weight is 325 g/mol. The number of hydrogen-bond acceptors (Lipinski definition) is 4. The van der Waals surface area contributed by atoms with E-state index in [-0.39, 0.29) is 18.1 Å². The highest BCUT2D eigenvalue weighted by atomic mass is 19.3. The zero-order valence-corrected chi connectivity index (χ0v) is 11.9. The molecule has 1 aromatic carbocycles. The van der Waals surface area contributed by atoms with E-state index in [2.05, 4.69) is 15.0 Å². The van der Waals surface area contributed by atoms with Crippen LogP contribution in [0.4, 0.5) is 19.0 Å². The first-order chi connectivity index (χ1) is 11.0. The highest BCUT2D eigenvalue weighted by Crippen LogP contribution is 2.19. The molecule has 1 heterocycles. The van der Waals surface area contributed by atoms with Gasteiger partial charge in [0, 0.05) is 18.3 Å². The fourth-order valence-electron chi connectivity index (χ4n) is 1.80. The number of benzene rings is 1. The van der Waals surface area contributed by atoms with Crippen LogP contribution in [0.3, 0.4) is 0 Å². The Balaban J connectivity index is 1.95. The Morgan fingerprint density at radius 2 is 2.09 bits per heavy atom. The molecule has 1 amide bonds. The van der Waals surface area contributed by atoms with E-state index in [0.717, 1.165) is 6.07 Å². The molecule has 0 fully saturated rings. The number of pyridine rings is 1. The van der Waals surface area contributed by atoms with Gasteiger partial charge in [-0.1, -0.05) is 6.07 Å². The number of carbonyl (C=O) groups is 1. The number of nitrogens with two attached hydrogens (primary N) is 1. The summed E-state index contributed by atoms with van der Waals surface area (Å²) in [5.41, 5.74) is 6.27. The SMILES string of the molecule is Nc1cc(C(=O)NCc2ccc(OCC(F)F)c(F)c2)ccn1. The van der Waals surface area contributed by atoms with E-state index in [1.54, 1.807) is 0 Å². The molecule has 1 aromatic heterocycles. The number of nitrogens with zero attached hydrogens (tertiary/aromatic N) is 1. The molecule has 5 nitrogen and oxygen atoms in total.